The number of benzene rings is 3. The number of halogens is 5. The molecule has 6 nitrogen and oxygen atoms in total. The number of aliphatic imine (C=N–C) groups is 1. The van der Waals surface area contributed by atoms with Gasteiger partial charge in [0.25, 0.3) is 5.91 Å². The minimum atomic E-state index is -1.37. The highest BCUT2D eigenvalue weighted by Crippen LogP contribution is 2.43. The molecule has 11 heteroatoms. The molecular weight excluding hydrogens is 523 g/mol. The number of carbonyl (C=O) groups excluding carboxylic acids is 2. The number of ether oxygens (including phenoxy) is 2. The Balaban J connectivity index is 1.74. The number of ketones is 1. The molecule has 0 radical (unpaired) electrons. The SMILES string of the molecule is COc1c(OCC(=O)NCCF)cccc1C1CC(c2ccc(F)cc2)=NC1C(=O)c1c(F)cc(F)cc1F. The Labute approximate surface area is 220 Å². The third kappa shape index (κ3) is 6.08. The number of para-hydroxylation sites is 1. The van der Waals surface area contributed by atoms with Crippen LogP contribution in [0.2, 0.25) is 0 Å². The van der Waals surface area contributed by atoms with Gasteiger partial charge in [0.2, 0.25) is 0 Å². The molecule has 0 saturated carbocycles. The van der Waals surface area contributed by atoms with Gasteiger partial charge in [-0.15, -0.1) is 0 Å². The molecule has 0 fully saturated rings. The molecule has 0 bridgehead atoms. The molecule has 204 valence electrons. The maximum atomic E-state index is 14.6. The molecule has 2 atom stereocenters. The zero-order valence-corrected chi connectivity index (χ0v) is 20.6. The van der Waals surface area contributed by atoms with Gasteiger partial charge in [0.05, 0.1) is 12.7 Å². The van der Waals surface area contributed by atoms with E-state index in [-0.39, 0.29) is 24.5 Å². The van der Waals surface area contributed by atoms with Gasteiger partial charge >= 0.3 is 0 Å². The van der Waals surface area contributed by atoms with E-state index in [4.69, 9.17) is 9.47 Å². The number of nitrogens with zero attached hydrogens (tertiary/aromatic N) is 1. The summed E-state index contributed by atoms with van der Waals surface area (Å²) in [6, 6.07) is 9.52. The summed E-state index contributed by atoms with van der Waals surface area (Å²) in [6.45, 7) is -1.37. The predicted octanol–water partition coefficient (Wildman–Crippen LogP) is 4.94. The average molecular weight is 546 g/mol. The summed E-state index contributed by atoms with van der Waals surface area (Å²) in [5.74, 6) is -6.54. The smallest absolute Gasteiger partial charge is 0.258 e. The van der Waals surface area contributed by atoms with Crippen LogP contribution in [0.3, 0.4) is 0 Å². The highest BCUT2D eigenvalue weighted by Gasteiger charge is 2.40. The van der Waals surface area contributed by atoms with Crippen LogP contribution >= 0.6 is 0 Å². The quantitative estimate of drug-likeness (QED) is 0.289. The largest absolute Gasteiger partial charge is 0.493 e. The minimum absolute atomic E-state index is 0.100. The van der Waals surface area contributed by atoms with E-state index in [1.807, 2.05) is 0 Å². The molecule has 0 spiro atoms. The lowest BCUT2D eigenvalue weighted by Crippen LogP contribution is -2.30. The second-order valence-electron chi connectivity index (χ2n) is 8.65. The van der Waals surface area contributed by atoms with Crippen molar-refractivity contribution in [2.24, 2.45) is 4.99 Å². The summed E-state index contributed by atoms with van der Waals surface area (Å²) in [5.41, 5.74) is 0.320. The van der Waals surface area contributed by atoms with Gasteiger partial charge in [0.15, 0.2) is 23.9 Å². The van der Waals surface area contributed by atoms with Crippen molar-refractivity contribution in [1.29, 1.82) is 0 Å². The predicted molar refractivity (Wildman–Crippen MR) is 132 cm³/mol. The Morgan fingerprint density at radius 3 is 2.33 bits per heavy atom. The Hall–Kier alpha value is -4.28. The topological polar surface area (TPSA) is 77.0 Å². The monoisotopic (exact) mass is 546 g/mol. The number of hydrogen-bond donors (Lipinski definition) is 1. The Bertz CT molecular complexity index is 1390. The number of amides is 1. The molecule has 1 heterocycles. The summed E-state index contributed by atoms with van der Waals surface area (Å²) < 4.78 is 79.6. The number of Topliss-reactive ketones (excluding diaryl/α,β-unsaturated/α-hetero) is 1. The minimum Gasteiger partial charge on any atom is -0.493 e. The van der Waals surface area contributed by atoms with E-state index in [1.165, 1.54) is 37.4 Å². The molecular formula is C28H23F5N2O4. The van der Waals surface area contributed by atoms with Crippen LogP contribution in [-0.2, 0) is 4.79 Å². The first-order valence-corrected chi connectivity index (χ1v) is 11.9. The first-order chi connectivity index (χ1) is 18.7. The second kappa shape index (κ2) is 12.1. The summed E-state index contributed by atoms with van der Waals surface area (Å²) in [4.78, 5) is 29.8. The number of rotatable bonds is 10. The van der Waals surface area contributed by atoms with Crippen molar-refractivity contribution in [3.8, 4) is 11.5 Å². The van der Waals surface area contributed by atoms with Crippen molar-refractivity contribution in [2.75, 3.05) is 26.9 Å². The first-order valence-electron chi connectivity index (χ1n) is 11.9. The molecule has 3 aromatic rings. The van der Waals surface area contributed by atoms with E-state index >= 15 is 0 Å². The van der Waals surface area contributed by atoms with E-state index in [0.29, 0.717) is 29.0 Å². The molecule has 1 amide bonds. The fourth-order valence-corrected chi connectivity index (χ4v) is 4.45. The first kappa shape index (κ1) is 27.7. The highest BCUT2D eigenvalue weighted by atomic mass is 19.2. The lowest BCUT2D eigenvalue weighted by molar-refractivity contribution is -0.123. The summed E-state index contributed by atoms with van der Waals surface area (Å²) in [7, 11) is 1.34. The number of methoxy groups -OCH3 is 1. The summed E-state index contributed by atoms with van der Waals surface area (Å²) >= 11 is 0. The van der Waals surface area contributed by atoms with Gasteiger partial charge in [-0.2, -0.15) is 0 Å². The molecule has 1 aliphatic rings. The van der Waals surface area contributed by atoms with Gasteiger partial charge < -0.3 is 14.8 Å². The lowest BCUT2D eigenvalue weighted by atomic mass is 9.84. The highest BCUT2D eigenvalue weighted by molar-refractivity contribution is 6.09. The molecule has 0 aromatic heterocycles. The van der Waals surface area contributed by atoms with E-state index in [9.17, 15) is 31.5 Å². The third-order valence-electron chi connectivity index (χ3n) is 6.18. The van der Waals surface area contributed by atoms with Crippen LogP contribution in [0.1, 0.15) is 33.8 Å². The fourth-order valence-electron chi connectivity index (χ4n) is 4.45. The fraction of sp³-hybridized carbons (Fsp3) is 0.250. The van der Waals surface area contributed by atoms with Gasteiger partial charge in [0, 0.05) is 35.9 Å². The molecule has 0 saturated heterocycles. The van der Waals surface area contributed by atoms with Crippen molar-refractivity contribution >= 4 is 17.4 Å². The van der Waals surface area contributed by atoms with Gasteiger partial charge in [0.1, 0.15) is 36.0 Å². The van der Waals surface area contributed by atoms with Crippen molar-refractivity contribution in [2.45, 2.75) is 18.4 Å². The second-order valence-corrected chi connectivity index (χ2v) is 8.65. The van der Waals surface area contributed by atoms with Crippen LogP contribution in [0, 0.1) is 23.3 Å². The van der Waals surface area contributed by atoms with Crippen LogP contribution in [0.15, 0.2) is 59.6 Å². The van der Waals surface area contributed by atoms with Crippen molar-refractivity contribution in [1.82, 2.24) is 5.32 Å². The average Bonchev–Trinajstić information content (AvgIpc) is 3.35. The van der Waals surface area contributed by atoms with Crippen molar-refractivity contribution in [3.63, 3.8) is 0 Å². The standard InChI is InChI=1S/C28H23F5N2O4/c1-38-28-18(3-2-4-23(28)39-14-24(36)34-10-9-29)19-13-22(15-5-7-16(30)8-6-15)35-26(19)27(37)25-20(32)11-17(31)12-21(25)33/h2-8,11-12,19,26H,9-10,13-14H2,1H3,(H,34,36). The van der Waals surface area contributed by atoms with Crippen molar-refractivity contribution in [3.05, 3.63) is 94.6 Å². The lowest BCUT2D eigenvalue weighted by Gasteiger charge is -2.22. The van der Waals surface area contributed by atoms with E-state index in [2.05, 4.69) is 10.3 Å². The van der Waals surface area contributed by atoms with Crippen LogP contribution in [0.4, 0.5) is 22.0 Å². The number of hydrogen-bond acceptors (Lipinski definition) is 5. The molecule has 2 unspecified atom stereocenters. The maximum Gasteiger partial charge on any atom is 0.258 e. The summed E-state index contributed by atoms with van der Waals surface area (Å²) in [6.07, 6.45) is 0.100. The van der Waals surface area contributed by atoms with Gasteiger partial charge in [-0.25, -0.2) is 22.0 Å². The van der Waals surface area contributed by atoms with Gasteiger partial charge in [-0.1, -0.05) is 24.3 Å². The maximum absolute atomic E-state index is 14.6. The number of carbonyl (C=O) groups is 2. The zero-order chi connectivity index (χ0) is 28.1. The molecule has 1 aliphatic heterocycles. The molecule has 1 N–H and O–H groups in total. The molecule has 39 heavy (non-hydrogen) atoms. The van der Waals surface area contributed by atoms with Crippen LogP contribution in [0.5, 0.6) is 11.5 Å². The van der Waals surface area contributed by atoms with Gasteiger partial charge in [-0.05, 0) is 30.2 Å². The number of nitrogens with one attached hydrogen (secondary N) is 1. The van der Waals surface area contributed by atoms with Crippen molar-refractivity contribution < 1.29 is 41.0 Å². The van der Waals surface area contributed by atoms with Crippen LogP contribution in [-0.4, -0.2) is 50.4 Å². The van der Waals surface area contributed by atoms with E-state index in [0.717, 1.165) is 0 Å². The van der Waals surface area contributed by atoms with E-state index < -0.39 is 65.8 Å². The molecule has 0 aliphatic carbocycles. The van der Waals surface area contributed by atoms with Crippen LogP contribution in [0.25, 0.3) is 0 Å². The molecule has 4 rings (SSSR count). The van der Waals surface area contributed by atoms with Gasteiger partial charge in [-0.3, -0.25) is 14.6 Å². The Morgan fingerprint density at radius 1 is 1.00 bits per heavy atom. The van der Waals surface area contributed by atoms with E-state index in [1.54, 1.807) is 12.1 Å². The Morgan fingerprint density at radius 2 is 1.69 bits per heavy atom. The normalized spacial score (nSPS) is 16.5. The third-order valence-corrected chi connectivity index (χ3v) is 6.18. The van der Waals surface area contributed by atoms with Crippen LogP contribution < -0.4 is 14.8 Å². The zero-order valence-electron chi connectivity index (χ0n) is 20.6. The molecule has 3 aromatic carbocycles. The Kier molecular flexibility index (Phi) is 8.58. The number of alkyl halides is 1. The summed E-state index contributed by atoms with van der Waals surface area (Å²) in [5, 5.41) is 2.33.